The van der Waals surface area contributed by atoms with E-state index in [1.807, 2.05) is 13.8 Å². The van der Waals surface area contributed by atoms with Gasteiger partial charge in [-0.3, -0.25) is 4.79 Å². The van der Waals surface area contributed by atoms with Crippen molar-refractivity contribution in [2.24, 2.45) is 5.92 Å². The smallest absolute Gasteiger partial charge is 0.158 e. The highest BCUT2D eigenvalue weighted by molar-refractivity contribution is 6.56. The van der Waals surface area contributed by atoms with Crippen molar-refractivity contribution >= 4 is 29.0 Å². The minimum Gasteiger partial charge on any atom is -0.295 e. The van der Waals surface area contributed by atoms with E-state index in [4.69, 9.17) is 23.2 Å². The first-order chi connectivity index (χ1) is 4.52. The lowest BCUT2D eigenvalue weighted by molar-refractivity contribution is -0.115. The third-order valence-electron chi connectivity index (χ3n) is 0.880. The largest absolute Gasteiger partial charge is 0.295 e. The lowest BCUT2D eigenvalue weighted by Gasteiger charge is -1.97. The number of ketones is 1. The molecule has 0 aliphatic heterocycles. The van der Waals surface area contributed by atoms with E-state index in [0.29, 0.717) is 12.3 Å². The van der Waals surface area contributed by atoms with Crippen LogP contribution in [-0.4, -0.2) is 5.78 Å². The number of rotatable bonds is 3. The summed E-state index contributed by atoms with van der Waals surface area (Å²) in [4.78, 5) is 10.8. The van der Waals surface area contributed by atoms with Crippen molar-refractivity contribution in [3.8, 4) is 0 Å². The van der Waals surface area contributed by atoms with Crippen molar-refractivity contribution in [3.63, 3.8) is 0 Å². The van der Waals surface area contributed by atoms with E-state index in [-0.39, 0.29) is 10.3 Å². The predicted molar refractivity (Wildman–Crippen MR) is 44.3 cm³/mol. The van der Waals surface area contributed by atoms with Gasteiger partial charge in [0, 0.05) is 12.5 Å². The number of halogens is 2. The average molecular weight is 181 g/mol. The Bertz CT molecular complexity index is 146. The van der Waals surface area contributed by atoms with Gasteiger partial charge in [-0.25, -0.2) is 0 Å². The van der Waals surface area contributed by atoms with E-state index < -0.39 is 0 Å². The molecule has 0 bridgehead atoms. The maximum atomic E-state index is 10.8. The van der Waals surface area contributed by atoms with Gasteiger partial charge in [0.1, 0.15) is 4.49 Å². The molecule has 1 nitrogen and oxygen atoms in total. The monoisotopic (exact) mass is 180 g/mol. The Morgan fingerprint density at radius 2 is 2.00 bits per heavy atom. The summed E-state index contributed by atoms with van der Waals surface area (Å²) < 4.78 is 0.0330. The second kappa shape index (κ2) is 4.75. The number of carbonyl (C=O) groups excluding carboxylic acids is 1. The highest BCUT2D eigenvalue weighted by Gasteiger charge is 2.01. The van der Waals surface area contributed by atoms with Crippen LogP contribution in [0.2, 0.25) is 0 Å². The molecular formula is C7H10Cl2O. The maximum Gasteiger partial charge on any atom is 0.158 e. The first kappa shape index (κ1) is 9.99. The summed E-state index contributed by atoms with van der Waals surface area (Å²) in [6.45, 7) is 3.93. The molecule has 3 heteroatoms. The van der Waals surface area contributed by atoms with Gasteiger partial charge in [-0.15, -0.1) is 0 Å². The normalized spacial score (nSPS) is 9.70. The highest BCUT2D eigenvalue weighted by atomic mass is 35.5. The topological polar surface area (TPSA) is 17.1 Å². The van der Waals surface area contributed by atoms with Gasteiger partial charge < -0.3 is 0 Å². The van der Waals surface area contributed by atoms with Crippen molar-refractivity contribution in [3.05, 3.63) is 10.6 Å². The van der Waals surface area contributed by atoms with E-state index in [1.54, 1.807) is 0 Å². The van der Waals surface area contributed by atoms with Crippen LogP contribution in [0.15, 0.2) is 10.6 Å². The van der Waals surface area contributed by atoms with E-state index >= 15 is 0 Å². The van der Waals surface area contributed by atoms with Crippen LogP contribution < -0.4 is 0 Å². The van der Waals surface area contributed by atoms with Gasteiger partial charge in [-0.1, -0.05) is 37.0 Å². The molecule has 10 heavy (non-hydrogen) atoms. The Balaban J connectivity index is 3.76. The predicted octanol–water partition coefficient (Wildman–Crippen LogP) is 2.92. The minimum atomic E-state index is -0.0185. The molecule has 0 amide bonds. The van der Waals surface area contributed by atoms with Crippen LogP contribution in [0.5, 0.6) is 0 Å². The van der Waals surface area contributed by atoms with Gasteiger partial charge in [-0.05, 0) is 5.92 Å². The third-order valence-corrected chi connectivity index (χ3v) is 1.10. The molecule has 0 aliphatic rings. The standard InChI is InChI=1S/C7H10Cl2O/c1-5(2)3-6(10)4-7(8)9/h4-5H,3H2,1-2H3. The lowest BCUT2D eigenvalue weighted by Crippen LogP contribution is -1.98. The molecule has 0 aliphatic carbocycles. The van der Waals surface area contributed by atoms with Gasteiger partial charge in [0.05, 0.1) is 0 Å². The Kier molecular flexibility index (Phi) is 4.75. The summed E-state index contributed by atoms with van der Waals surface area (Å²) in [6.07, 6.45) is 1.74. The second-order valence-electron chi connectivity index (χ2n) is 2.50. The lowest BCUT2D eigenvalue weighted by atomic mass is 10.1. The second-order valence-corrected chi connectivity index (χ2v) is 3.51. The van der Waals surface area contributed by atoms with Crippen molar-refractivity contribution in [1.29, 1.82) is 0 Å². The molecule has 58 valence electrons. The van der Waals surface area contributed by atoms with E-state index in [0.717, 1.165) is 0 Å². The molecule has 0 saturated heterocycles. The quantitative estimate of drug-likeness (QED) is 0.611. The fourth-order valence-corrected chi connectivity index (χ4v) is 0.826. The van der Waals surface area contributed by atoms with Gasteiger partial charge in [0.15, 0.2) is 5.78 Å². The zero-order valence-corrected chi connectivity index (χ0v) is 7.54. The van der Waals surface area contributed by atoms with Crippen molar-refractivity contribution in [2.45, 2.75) is 20.3 Å². The zero-order valence-electron chi connectivity index (χ0n) is 6.03. The maximum absolute atomic E-state index is 10.8. The van der Waals surface area contributed by atoms with Gasteiger partial charge in [0.25, 0.3) is 0 Å². The summed E-state index contributed by atoms with van der Waals surface area (Å²) in [5.74, 6) is 0.339. The Morgan fingerprint density at radius 1 is 1.50 bits per heavy atom. The molecule has 0 radical (unpaired) electrons. The Labute approximate surface area is 71.0 Å². The van der Waals surface area contributed by atoms with Crippen molar-refractivity contribution in [1.82, 2.24) is 0 Å². The molecule has 0 saturated carbocycles. The molecule has 0 aromatic heterocycles. The minimum absolute atomic E-state index is 0.0185. The molecule has 0 aromatic carbocycles. The molecule has 0 aromatic rings. The molecule has 0 rings (SSSR count). The summed E-state index contributed by atoms with van der Waals surface area (Å²) >= 11 is 10.5. The molecule has 0 N–H and O–H groups in total. The van der Waals surface area contributed by atoms with E-state index in [9.17, 15) is 4.79 Å². The summed E-state index contributed by atoms with van der Waals surface area (Å²) in [6, 6.07) is 0. The summed E-state index contributed by atoms with van der Waals surface area (Å²) in [5, 5.41) is 0. The highest BCUT2D eigenvalue weighted by Crippen LogP contribution is 2.09. The van der Waals surface area contributed by atoms with Crippen LogP contribution >= 0.6 is 23.2 Å². The van der Waals surface area contributed by atoms with Crippen molar-refractivity contribution < 1.29 is 4.79 Å². The third kappa shape index (κ3) is 6.12. The molecule has 0 atom stereocenters. The Hall–Kier alpha value is -0.0100. The zero-order chi connectivity index (χ0) is 8.15. The fourth-order valence-electron chi connectivity index (χ4n) is 0.583. The molecule has 0 unspecified atom stereocenters. The van der Waals surface area contributed by atoms with Crippen LogP contribution in [0.1, 0.15) is 20.3 Å². The summed E-state index contributed by atoms with van der Waals surface area (Å²) in [5.41, 5.74) is 0. The number of carbonyl (C=O) groups is 1. The van der Waals surface area contributed by atoms with Crippen LogP contribution in [-0.2, 0) is 4.79 Å². The van der Waals surface area contributed by atoms with Gasteiger partial charge in [-0.2, -0.15) is 0 Å². The van der Waals surface area contributed by atoms with Crippen LogP contribution in [0, 0.1) is 5.92 Å². The van der Waals surface area contributed by atoms with Crippen LogP contribution in [0.25, 0.3) is 0 Å². The van der Waals surface area contributed by atoms with Gasteiger partial charge >= 0.3 is 0 Å². The first-order valence-electron chi connectivity index (χ1n) is 3.08. The molecule has 0 spiro atoms. The van der Waals surface area contributed by atoms with E-state index in [1.165, 1.54) is 6.08 Å². The average Bonchev–Trinajstić information content (AvgIpc) is 1.58. The first-order valence-corrected chi connectivity index (χ1v) is 3.83. The molecule has 0 fully saturated rings. The molecule has 0 heterocycles. The molecular weight excluding hydrogens is 171 g/mol. The fraction of sp³-hybridized carbons (Fsp3) is 0.571. The van der Waals surface area contributed by atoms with Crippen LogP contribution in [0.4, 0.5) is 0 Å². The number of allylic oxidation sites excluding steroid dienone is 1. The van der Waals surface area contributed by atoms with Crippen molar-refractivity contribution in [2.75, 3.05) is 0 Å². The SMILES string of the molecule is CC(C)CC(=O)C=C(Cl)Cl. The number of hydrogen-bond acceptors (Lipinski definition) is 1. The number of hydrogen-bond donors (Lipinski definition) is 0. The Morgan fingerprint density at radius 3 is 2.30 bits per heavy atom. The summed E-state index contributed by atoms with van der Waals surface area (Å²) in [7, 11) is 0. The van der Waals surface area contributed by atoms with E-state index in [2.05, 4.69) is 0 Å². The van der Waals surface area contributed by atoms with Crippen LogP contribution in [0.3, 0.4) is 0 Å². The van der Waals surface area contributed by atoms with Gasteiger partial charge in [0.2, 0.25) is 0 Å².